The van der Waals surface area contributed by atoms with Crippen LogP contribution in [0.25, 0.3) is 10.2 Å². The molecular formula is C24H25ClN4O4S2. The molecule has 1 fully saturated rings. The van der Waals surface area contributed by atoms with Crippen molar-refractivity contribution in [2.24, 2.45) is 4.99 Å². The number of carbonyl (C=O) groups excluding carboxylic acids is 3. The molecule has 1 saturated heterocycles. The smallest absolute Gasteiger partial charge is 0.325 e. The highest BCUT2D eigenvalue weighted by Gasteiger charge is 2.21. The second-order valence-electron chi connectivity index (χ2n) is 7.86. The maximum atomic E-state index is 12.6. The molecule has 0 radical (unpaired) electrons. The van der Waals surface area contributed by atoms with Gasteiger partial charge in [0.15, 0.2) is 4.80 Å². The van der Waals surface area contributed by atoms with Crippen molar-refractivity contribution in [2.75, 3.05) is 49.7 Å². The Kier molecular flexibility index (Phi) is 8.48. The van der Waals surface area contributed by atoms with Crippen LogP contribution in [-0.2, 0) is 25.7 Å². The number of nitrogens with zero attached hydrogens (tertiary/aromatic N) is 4. The average Bonchev–Trinajstić information content (AvgIpc) is 3.19. The summed E-state index contributed by atoms with van der Waals surface area (Å²) in [4.78, 5) is 45.8. The zero-order chi connectivity index (χ0) is 24.8. The van der Waals surface area contributed by atoms with Gasteiger partial charge in [0.1, 0.15) is 6.54 Å². The lowest BCUT2D eigenvalue weighted by Gasteiger charge is -2.36. The molecule has 1 aliphatic rings. The van der Waals surface area contributed by atoms with E-state index in [2.05, 4.69) is 22.0 Å². The third-order valence-corrected chi connectivity index (χ3v) is 7.76. The number of ether oxygens (including phenoxy) is 1. The van der Waals surface area contributed by atoms with Gasteiger partial charge in [-0.2, -0.15) is 4.99 Å². The molecule has 2 aromatic carbocycles. The van der Waals surface area contributed by atoms with Gasteiger partial charge in [0, 0.05) is 36.9 Å². The minimum Gasteiger partial charge on any atom is -0.468 e. The van der Waals surface area contributed by atoms with Crippen molar-refractivity contribution in [3.63, 3.8) is 0 Å². The summed E-state index contributed by atoms with van der Waals surface area (Å²) in [5, 5.41) is 0.556. The standard InChI is InChI=1S/C24H25ClN4O4S2/c1-33-23(32)14-29-19-8-7-17(25)13-20(19)35-24(29)26-21(30)15-34-16-22(31)28-11-9-27(10-12-28)18-5-3-2-4-6-18/h2-8,13H,9-12,14-16H2,1H3. The largest absolute Gasteiger partial charge is 0.468 e. The second kappa shape index (κ2) is 11.7. The molecule has 0 spiro atoms. The van der Waals surface area contributed by atoms with Crippen LogP contribution in [0.1, 0.15) is 0 Å². The van der Waals surface area contributed by atoms with Crippen LogP contribution in [0.5, 0.6) is 0 Å². The van der Waals surface area contributed by atoms with Gasteiger partial charge >= 0.3 is 5.97 Å². The lowest BCUT2D eigenvalue weighted by atomic mass is 10.2. The molecule has 0 aliphatic carbocycles. The number of aromatic nitrogens is 1. The molecule has 2 amide bonds. The molecular weight excluding hydrogens is 508 g/mol. The summed E-state index contributed by atoms with van der Waals surface area (Å²) >= 11 is 8.61. The Morgan fingerprint density at radius 3 is 2.51 bits per heavy atom. The molecule has 0 bridgehead atoms. The molecule has 8 nitrogen and oxygen atoms in total. The maximum Gasteiger partial charge on any atom is 0.325 e. The van der Waals surface area contributed by atoms with Gasteiger partial charge in [0.2, 0.25) is 5.91 Å². The Bertz CT molecular complexity index is 1280. The molecule has 0 saturated carbocycles. The predicted octanol–water partition coefficient (Wildman–Crippen LogP) is 3.04. The van der Waals surface area contributed by atoms with Gasteiger partial charge in [-0.05, 0) is 30.3 Å². The van der Waals surface area contributed by atoms with E-state index in [1.165, 1.54) is 30.2 Å². The number of fused-ring (bicyclic) bond motifs is 1. The number of piperazine rings is 1. The lowest BCUT2D eigenvalue weighted by molar-refractivity contribution is -0.141. The Morgan fingerprint density at radius 1 is 1.06 bits per heavy atom. The Morgan fingerprint density at radius 2 is 1.80 bits per heavy atom. The van der Waals surface area contributed by atoms with Crippen molar-refractivity contribution in [2.45, 2.75) is 6.54 Å². The average molecular weight is 533 g/mol. The number of thiazole rings is 1. The van der Waals surface area contributed by atoms with E-state index in [0.717, 1.165) is 29.0 Å². The number of methoxy groups -OCH3 is 1. The molecule has 4 rings (SSSR count). The van der Waals surface area contributed by atoms with Crippen LogP contribution in [0.2, 0.25) is 5.02 Å². The summed E-state index contributed by atoms with van der Waals surface area (Å²) in [5.41, 5.74) is 1.91. The molecule has 184 valence electrons. The van der Waals surface area contributed by atoms with E-state index in [1.807, 2.05) is 23.1 Å². The van der Waals surface area contributed by atoms with Crippen LogP contribution in [0.3, 0.4) is 0 Å². The molecule has 2 heterocycles. The number of halogens is 1. The minimum atomic E-state index is -0.444. The first-order valence-electron chi connectivity index (χ1n) is 11.0. The van der Waals surface area contributed by atoms with Crippen LogP contribution < -0.4 is 9.70 Å². The topological polar surface area (TPSA) is 84.2 Å². The fraction of sp³-hybridized carbons (Fsp3) is 0.333. The monoisotopic (exact) mass is 532 g/mol. The first-order chi connectivity index (χ1) is 16.9. The van der Waals surface area contributed by atoms with Crippen LogP contribution in [0, 0.1) is 0 Å². The molecule has 0 atom stereocenters. The highest BCUT2D eigenvalue weighted by Crippen LogP contribution is 2.22. The number of anilines is 1. The van der Waals surface area contributed by atoms with Crippen LogP contribution in [0.4, 0.5) is 5.69 Å². The van der Waals surface area contributed by atoms with Crippen molar-refractivity contribution < 1.29 is 19.1 Å². The fourth-order valence-electron chi connectivity index (χ4n) is 3.79. The number of amides is 2. The van der Waals surface area contributed by atoms with Crippen LogP contribution in [-0.4, -0.2) is 72.0 Å². The summed E-state index contributed by atoms with van der Waals surface area (Å²) in [7, 11) is 1.31. The molecule has 1 aliphatic heterocycles. The van der Waals surface area contributed by atoms with Gasteiger partial charge < -0.3 is 19.1 Å². The van der Waals surface area contributed by atoms with Crippen molar-refractivity contribution in [1.82, 2.24) is 9.47 Å². The summed E-state index contributed by atoms with van der Waals surface area (Å²) in [6.45, 7) is 2.81. The molecule has 3 aromatic rings. The summed E-state index contributed by atoms with van der Waals surface area (Å²) in [6, 6.07) is 15.4. The number of rotatable bonds is 7. The van der Waals surface area contributed by atoms with Gasteiger partial charge in [-0.15, -0.1) is 11.8 Å². The zero-order valence-corrected chi connectivity index (χ0v) is 21.6. The number of hydrogen-bond donors (Lipinski definition) is 0. The maximum absolute atomic E-state index is 12.6. The summed E-state index contributed by atoms with van der Waals surface area (Å²) in [5.74, 6) is -0.499. The van der Waals surface area contributed by atoms with E-state index < -0.39 is 5.97 Å². The van der Waals surface area contributed by atoms with Crippen LogP contribution >= 0.6 is 34.7 Å². The third kappa shape index (κ3) is 6.45. The summed E-state index contributed by atoms with van der Waals surface area (Å²) in [6.07, 6.45) is 0. The number of benzene rings is 2. The predicted molar refractivity (Wildman–Crippen MR) is 140 cm³/mol. The summed E-state index contributed by atoms with van der Waals surface area (Å²) < 4.78 is 7.23. The van der Waals surface area contributed by atoms with Crippen molar-refractivity contribution in [3.8, 4) is 0 Å². The van der Waals surface area contributed by atoms with Gasteiger partial charge in [-0.3, -0.25) is 14.4 Å². The van der Waals surface area contributed by atoms with Crippen molar-refractivity contribution in [1.29, 1.82) is 0 Å². The fourth-order valence-corrected chi connectivity index (χ4v) is 5.81. The van der Waals surface area contributed by atoms with E-state index in [9.17, 15) is 14.4 Å². The molecule has 0 unspecified atom stereocenters. The van der Waals surface area contributed by atoms with Gasteiger partial charge in [0.25, 0.3) is 5.91 Å². The quantitative estimate of drug-likeness (QED) is 0.435. The third-order valence-electron chi connectivity index (χ3n) is 5.58. The van der Waals surface area contributed by atoms with E-state index >= 15 is 0 Å². The number of para-hydroxylation sites is 1. The normalized spacial score (nSPS) is 14.4. The molecule has 0 N–H and O–H groups in total. The Hall–Kier alpha value is -2.82. The van der Waals surface area contributed by atoms with E-state index in [1.54, 1.807) is 22.8 Å². The van der Waals surface area contributed by atoms with Crippen molar-refractivity contribution in [3.05, 3.63) is 58.4 Å². The van der Waals surface area contributed by atoms with E-state index in [-0.39, 0.29) is 29.9 Å². The van der Waals surface area contributed by atoms with E-state index in [0.29, 0.717) is 22.9 Å². The van der Waals surface area contributed by atoms with E-state index in [4.69, 9.17) is 16.3 Å². The molecule has 11 heteroatoms. The zero-order valence-electron chi connectivity index (χ0n) is 19.2. The first-order valence-corrected chi connectivity index (χ1v) is 13.4. The number of hydrogen-bond acceptors (Lipinski definition) is 7. The number of thioether (sulfide) groups is 1. The van der Waals surface area contributed by atoms with Crippen molar-refractivity contribution >= 4 is 68.4 Å². The highest BCUT2D eigenvalue weighted by molar-refractivity contribution is 8.00. The number of esters is 1. The van der Waals surface area contributed by atoms with Gasteiger partial charge in [0.05, 0.1) is 28.8 Å². The van der Waals surface area contributed by atoms with Gasteiger partial charge in [-0.1, -0.05) is 41.1 Å². The van der Waals surface area contributed by atoms with Gasteiger partial charge in [-0.25, -0.2) is 0 Å². The number of carbonyl (C=O) groups is 3. The Labute approximate surface area is 216 Å². The molecule has 1 aromatic heterocycles. The van der Waals surface area contributed by atoms with Crippen LogP contribution in [0.15, 0.2) is 53.5 Å². The minimum absolute atomic E-state index is 0.0211. The second-order valence-corrected chi connectivity index (χ2v) is 10.3. The lowest BCUT2D eigenvalue weighted by Crippen LogP contribution is -2.49. The highest BCUT2D eigenvalue weighted by atomic mass is 35.5. The Balaban J connectivity index is 1.33. The SMILES string of the molecule is COC(=O)Cn1c(=NC(=O)CSCC(=O)N2CCN(c3ccccc3)CC2)sc2cc(Cl)ccc21. The first kappa shape index (κ1) is 25.3. The molecule has 35 heavy (non-hydrogen) atoms.